The minimum absolute atomic E-state index is 0.388. The Morgan fingerprint density at radius 1 is 1.06 bits per heavy atom. The fourth-order valence-electron chi connectivity index (χ4n) is 1.55. The average molecular weight is 302 g/mol. The first-order valence-corrected chi connectivity index (χ1v) is 6.67. The lowest BCUT2D eigenvalue weighted by molar-refractivity contribution is 0.479. The molecule has 0 saturated carbocycles. The van der Waals surface area contributed by atoms with Gasteiger partial charge in [0.15, 0.2) is 0 Å². The molecule has 18 heavy (non-hydrogen) atoms. The van der Waals surface area contributed by atoms with Crippen molar-refractivity contribution < 1.29 is 4.74 Å². The average Bonchev–Trinajstić information content (AvgIpc) is 2.33. The highest BCUT2D eigenvalue weighted by atomic mass is 35.5. The minimum Gasteiger partial charge on any atom is -0.457 e. The first-order valence-electron chi connectivity index (χ1n) is 5.38. The van der Waals surface area contributed by atoms with E-state index in [-0.39, 0.29) is 0 Å². The maximum Gasteiger partial charge on any atom is 0.130 e. The van der Waals surface area contributed by atoms with Gasteiger partial charge in [-0.2, -0.15) is 0 Å². The van der Waals surface area contributed by atoms with E-state index in [1.165, 1.54) is 0 Å². The molecular weight excluding hydrogens is 291 g/mol. The van der Waals surface area contributed by atoms with Gasteiger partial charge in [-0.05, 0) is 48.4 Å². The zero-order valence-electron chi connectivity index (χ0n) is 9.71. The van der Waals surface area contributed by atoms with E-state index in [4.69, 9.17) is 39.5 Å². The van der Waals surface area contributed by atoms with Gasteiger partial charge < -0.3 is 4.74 Å². The molecule has 0 unspecified atom stereocenters. The maximum absolute atomic E-state index is 6.08. The quantitative estimate of drug-likeness (QED) is 0.648. The van der Waals surface area contributed by atoms with Gasteiger partial charge in [0.2, 0.25) is 0 Å². The van der Waals surface area contributed by atoms with Crippen LogP contribution >= 0.6 is 34.8 Å². The molecule has 1 nitrogen and oxygen atoms in total. The Labute approximate surface area is 121 Å². The van der Waals surface area contributed by atoms with Crippen LogP contribution in [0.2, 0.25) is 10.0 Å². The molecule has 0 amide bonds. The Kier molecular flexibility index (Phi) is 4.39. The zero-order chi connectivity index (χ0) is 13.1. The van der Waals surface area contributed by atoms with Gasteiger partial charge in [-0.3, -0.25) is 0 Å². The van der Waals surface area contributed by atoms with Gasteiger partial charge in [0.25, 0.3) is 0 Å². The van der Waals surface area contributed by atoms with Crippen molar-refractivity contribution in [1.29, 1.82) is 0 Å². The number of alkyl halides is 1. The predicted molar refractivity (Wildman–Crippen MR) is 77.3 cm³/mol. The minimum atomic E-state index is 0.388. The Bertz CT molecular complexity index is 567. The van der Waals surface area contributed by atoms with Crippen LogP contribution in [0.25, 0.3) is 0 Å². The fraction of sp³-hybridized carbons (Fsp3) is 0.143. The molecule has 0 heterocycles. The fourth-order valence-corrected chi connectivity index (χ4v) is 2.32. The molecule has 2 aromatic rings. The first-order chi connectivity index (χ1) is 8.60. The lowest BCUT2D eigenvalue weighted by Gasteiger charge is -2.10. The summed E-state index contributed by atoms with van der Waals surface area (Å²) in [5.74, 6) is 1.83. The van der Waals surface area contributed by atoms with E-state index in [2.05, 4.69) is 0 Å². The van der Waals surface area contributed by atoms with Crippen LogP contribution in [-0.2, 0) is 5.88 Å². The maximum atomic E-state index is 6.08. The second-order valence-corrected chi connectivity index (χ2v) is 5.01. The second-order valence-electron chi connectivity index (χ2n) is 3.90. The molecule has 2 rings (SSSR count). The van der Waals surface area contributed by atoms with Crippen LogP contribution in [0, 0.1) is 6.92 Å². The highest BCUT2D eigenvalue weighted by Crippen LogP contribution is 2.30. The van der Waals surface area contributed by atoms with Crippen molar-refractivity contribution in [2.75, 3.05) is 0 Å². The molecule has 2 aromatic carbocycles. The lowest BCUT2D eigenvalue weighted by atomic mass is 10.2. The molecule has 0 bridgehead atoms. The van der Waals surface area contributed by atoms with Crippen molar-refractivity contribution in [2.24, 2.45) is 0 Å². The number of ether oxygens (including phenoxy) is 1. The number of hydrogen-bond donors (Lipinski definition) is 0. The van der Waals surface area contributed by atoms with E-state index in [0.717, 1.165) is 16.9 Å². The summed E-state index contributed by atoms with van der Waals surface area (Å²) >= 11 is 17.7. The van der Waals surface area contributed by atoms with Crippen LogP contribution in [-0.4, -0.2) is 0 Å². The Hall–Kier alpha value is -0.890. The number of benzene rings is 2. The summed E-state index contributed by atoms with van der Waals surface area (Å²) in [6.07, 6.45) is 0. The monoisotopic (exact) mass is 300 g/mol. The number of aryl methyl sites for hydroxylation is 1. The van der Waals surface area contributed by atoms with Gasteiger partial charge in [0, 0.05) is 15.9 Å². The third-order valence-electron chi connectivity index (χ3n) is 2.53. The summed E-state index contributed by atoms with van der Waals surface area (Å²) in [5.41, 5.74) is 1.86. The summed E-state index contributed by atoms with van der Waals surface area (Å²) in [5, 5.41) is 1.30. The van der Waals surface area contributed by atoms with Crippen molar-refractivity contribution in [3.63, 3.8) is 0 Å². The number of rotatable bonds is 3. The molecule has 0 aliphatic heterocycles. The van der Waals surface area contributed by atoms with Crippen LogP contribution in [0.15, 0.2) is 36.4 Å². The van der Waals surface area contributed by atoms with Gasteiger partial charge in [0.05, 0.1) is 0 Å². The molecule has 0 aliphatic carbocycles. The first kappa shape index (κ1) is 13.5. The summed E-state index contributed by atoms with van der Waals surface area (Å²) in [7, 11) is 0. The van der Waals surface area contributed by atoms with E-state index in [1.807, 2.05) is 31.2 Å². The Morgan fingerprint density at radius 3 is 2.44 bits per heavy atom. The van der Waals surface area contributed by atoms with Crippen LogP contribution < -0.4 is 4.74 Å². The molecule has 0 saturated heterocycles. The highest BCUT2D eigenvalue weighted by Gasteiger charge is 2.05. The molecule has 0 radical (unpaired) electrons. The van der Waals surface area contributed by atoms with Gasteiger partial charge in [-0.25, -0.2) is 0 Å². The van der Waals surface area contributed by atoms with Crippen molar-refractivity contribution in [3.8, 4) is 11.5 Å². The van der Waals surface area contributed by atoms with E-state index < -0.39 is 0 Å². The van der Waals surface area contributed by atoms with Gasteiger partial charge in [0.1, 0.15) is 11.5 Å². The van der Waals surface area contributed by atoms with E-state index in [0.29, 0.717) is 21.7 Å². The summed E-state index contributed by atoms with van der Waals surface area (Å²) in [6, 6.07) is 10.9. The van der Waals surface area contributed by atoms with Gasteiger partial charge >= 0.3 is 0 Å². The zero-order valence-corrected chi connectivity index (χ0v) is 12.0. The smallest absolute Gasteiger partial charge is 0.130 e. The molecule has 4 heteroatoms. The van der Waals surface area contributed by atoms with E-state index in [1.54, 1.807) is 12.1 Å². The van der Waals surface area contributed by atoms with E-state index in [9.17, 15) is 0 Å². The third-order valence-corrected chi connectivity index (χ3v) is 3.41. The predicted octanol–water partition coefficient (Wildman–Crippen LogP) is 5.83. The van der Waals surface area contributed by atoms with Crippen molar-refractivity contribution in [1.82, 2.24) is 0 Å². The Morgan fingerprint density at radius 2 is 1.83 bits per heavy atom. The van der Waals surface area contributed by atoms with Gasteiger partial charge in [-0.15, -0.1) is 11.6 Å². The van der Waals surface area contributed by atoms with Crippen LogP contribution in [0.1, 0.15) is 11.1 Å². The highest BCUT2D eigenvalue weighted by molar-refractivity contribution is 6.32. The summed E-state index contributed by atoms with van der Waals surface area (Å²) in [4.78, 5) is 0. The van der Waals surface area contributed by atoms with Crippen LogP contribution in [0.4, 0.5) is 0 Å². The van der Waals surface area contributed by atoms with Crippen LogP contribution in [0.3, 0.4) is 0 Å². The second kappa shape index (κ2) is 5.83. The van der Waals surface area contributed by atoms with Crippen molar-refractivity contribution >= 4 is 34.8 Å². The van der Waals surface area contributed by atoms with Crippen molar-refractivity contribution in [2.45, 2.75) is 12.8 Å². The lowest BCUT2D eigenvalue weighted by Crippen LogP contribution is -1.89. The topological polar surface area (TPSA) is 9.23 Å². The van der Waals surface area contributed by atoms with E-state index >= 15 is 0 Å². The largest absolute Gasteiger partial charge is 0.457 e. The summed E-state index contributed by atoms with van der Waals surface area (Å²) < 4.78 is 5.76. The molecular formula is C14H11Cl3O. The SMILES string of the molecule is Cc1cc(Cl)ccc1Oc1ccc(CCl)c(Cl)c1. The number of hydrogen-bond acceptors (Lipinski definition) is 1. The molecule has 0 N–H and O–H groups in total. The number of halogens is 3. The summed E-state index contributed by atoms with van der Waals surface area (Å²) in [6.45, 7) is 1.94. The molecule has 0 fully saturated rings. The van der Waals surface area contributed by atoms with Crippen LogP contribution in [0.5, 0.6) is 11.5 Å². The normalized spacial score (nSPS) is 10.4. The van der Waals surface area contributed by atoms with Crippen molar-refractivity contribution in [3.05, 3.63) is 57.6 Å². The molecule has 0 aliphatic rings. The molecule has 94 valence electrons. The molecule has 0 spiro atoms. The molecule has 0 aromatic heterocycles. The third kappa shape index (κ3) is 3.11. The molecule has 0 atom stereocenters. The van der Waals surface area contributed by atoms with Gasteiger partial charge in [-0.1, -0.05) is 29.3 Å². The Balaban J connectivity index is 2.26. The standard InChI is InChI=1S/C14H11Cl3O/c1-9-6-11(16)3-5-14(9)18-12-4-2-10(8-15)13(17)7-12/h2-7H,8H2,1H3.